The van der Waals surface area contributed by atoms with Gasteiger partial charge in [-0.25, -0.2) is 4.98 Å². The molecule has 7 heteroatoms. The largest absolute Gasteiger partial charge is 0.495 e. The van der Waals surface area contributed by atoms with Crippen molar-refractivity contribution in [2.75, 3.05) is 68.7 Å². The maximum atomic E-state index is 5.53. The predicted molar refractivity (Wildman–Crippen MR) is 122 cm³/mol. The summed E-state index contributed by atoms with van der Waals surface area (Å²) in [7, 11) is 3.45. The van der Waals surface area contributed by atoms with Gasteiger partial charge in [0.1, 0.15) is 11.6 Å². The van der Waals surface area contributed by atoms with Crippen LogP contribution in [0, 0.1) is 0 Å². The molecule has 30 heavy (non-hydrogen) atoms. The quantitative estimate of drug-likeness (QED) is 0.574. The number of anilines is 3. The van der Waals surface area contributed by atoms with E-state index in [1.165, 1.54) is 0 Å². The highest BCUT2D eigenvalue weighted by molar-refractivity contribution is 5.90. The third-order valence-electron chi connectivity index (χ3n) is 5.40. The van der Waals surface area contributed by atoms with Gasteiger partial charge in [-0.1, -0.05) is 24.3 Å². The van der Waals surface area contributed by atoms with Crippen molar-refractivity contribution in [2.24, 2.45) is 0 Å². The molecule has 1 N–H and O–H groups in total. The van der Waals surface area contributed by atoms with E-state index in [0.717, 1.165) is 79.9 Å². The van der Waals surface area contributed by atoms with Crippen molar-refractivity contribution < 1.29 is 9.47 Å². The van der Waals surface area contributed by atoms with Crippen molar-refractivity contribution in [3.8, 4) is 5.75 Å². The molecule has 7 nitrogen and oxygen atoms in total. The van der Waals surface area contributed by atoms with Crippen molar-refractivity contribution >= 4 is 28.4 Å². The summed E-state index contributed by atoms with van der Waals surface area (Å²) in [6.07, 6.45) is 0.932. The number of piperazine rings is 1. The standard InChI is InChI=1S/C23H29N5O2/c1-29-17-7-12-24-22-18-8-3-4-9-19(18)25-23(26-22)28-15-13-27(14-16-28)20-10-5-6-11-21(20)30-2/h3-6,8-11H,7,12-17H2,1-2H3,(H,24,25,26). The Balaban J connectivity index is 1.51. The molecule has 158 valence electrons. The van der Waals surface area contributed by atoms with Crippen LogP contribution < -0.4 is 19.9 Å². The summed E-state index contributed by atoms with van der Waals surface area (Å²) >= 11 is 0. The molecule has 1 fully saturated rings. The van der Waals surface area contributed by atoms with Crippen LogP contribution >= 0.6 is 0 Å². The van der Waals surface area contributed by atoms with Gasteiger partial charge in [-0.2, -0.15) is 4.98 Å². The molecule has 0 saturated carbocycles. The summed E-state index contributed by atoms with van der Waals surface area (Å²) < 4.78 is 10.7. The molecule has 1 aliphatic rings. The van der Waals surface area contributed by atoms with Gasteiger partial charge in [0.25, 0.3) is 0 Å². The zero-order chi connectivity index (χ0) is 20.8. The molecule has 0 aliphatic carbocycles. The third-order valence-corrected chi connectivity index (χ3v) is 5.40. The van der Waals surface area contributed by atoms with Gasteiger partial charge in [-0.3, -0.25) is 0 Å². The maximum absolute atomic E-state index is 5.53. The topological polar surface area (TPSA) is 62.8 Å². The zero-order valence-electron chi connectivity index (χ0n) is 17.7. The molecule has 2 aromatic carbocycles. The fraction of sp³-hybridized carbons (Fsp3) is 0.391. The van der Waals surface area contributed by atoms with Crippen molar-refractivity contribution in [1.29, 1.82) is 0 Å². The molecular weight excluding hydrogens is 378 g/mol. The van der Waals surface area contributed by atoms with Crippen molar-refractivity contribution in [3.63, 3.8) is 0 Å². The van der Waals surface area contributed by atoms with E-state index >= 15 is 0 Å². The van der Waals surface area contributed by atoms with Crippen molar-refractivity contribution in [3.05, 3.63) is 48.5 Å². The maximum Gasteiger partial charge on any atom is 0.228 e. The Morgan fingerprint density at radius 3 is 2.43 bits per heavy atom. The van der Waals surface area contributed by atoms with Crippen LogP contribution in [0.2, 0.25) is 0 Å². The predicted octanol–water partition coefficient (Wildman–Crippen LogP) is 3.41. The van der Waals surface area contributed by atoms with Gasteiger partial charge in [-0.05, 0) is 30.7 Å². The molecular formula is C23H29N5O2. The highest BCUT2D eigenvalue weighted by Crippen LogP contribution is 2.29. The molecule has 4 rings (SSSR count). The van der Waals surface area contributed by atoms with Crippen molar-refractivity contribution in [2.45, 2.75) is 6.42 Å². The molecule has 0 radical (unpaired) electrons. The molecule has 2 heterocycles. The van der Waals surface area contributed by atoms with Gasteiger partial charge in [0.05, 0.1) is 18.3 Å². The fourth-order valence-electron chi connectivity index (χ4n) is 3.80. The second-order valence-electron chi connectivity index (χ2n) is 7.31. The Kier molecular flexibility index (Phi) is 6.49. The second-order valence-corrected chi connectivity index (χ2v) is 7.31. The lowest BCUT2D eigenvalue weighted by atomic mass is 10.2. The molecule has 0 bridgehead atoms. The Bertz CT molecular complexity index is 973. The molecule has 1 saturated heterocycles. The first-order valence-electron chi connectivity index (χ1n) is 10.4. The number of benzene rings is 2. The van der Waals surface area contributed by atoms with E-state index in [2.05, 4.69) is 33.3 Å². The second kappa shape index (κ2) is 9.63. The van der Waals surface area contributed by atoms with Gasteiger partial charge < -0.3 is 24.6 Å². The van der Waals surface area contributed by atoms with E-state index in [0.29, 0.717) is 0 Å². The lowest BCUT2D eigenvalue weighted by Crippen LogP contribution is -2.47. The van der Waals surface area contributed by atoms with Crippen LogP contribution in [0.5, 0.6) is 5.75 Å². The summed E-state index contributed by atoms with van der Waals surface area (Å²) in [4.78, 5) is 14.3. The van der Waals surface area contributed by atoms with E-state index in [-0.39, 0.29) is 0 Å². The normalized spacial score (nSPS) is 14.2. The van der Waals surface area contributed by atoms with E-state index in [4.69, 9.17) is 19.4 Å². The number of rotatable bonds is 8. The van der Waals surface area contributed by atoms with E-state index < -0.39 is 0 Å². The van der Waals surface area contributed by atoms with Crippen LogP contribution in [-0.4, -0.2) is 63.5 Å². The molecule has 0 atom stereocenters. The SMILES string of the molecule is COCCCNc1nc(N2CCN(c3ccccc3OC)CC2)nc2ccccc12. The first-order chi connectivity index (χ1) is 14.8. The Morgan fingerprint density at radius 2 is 1.63 bits per heavy atom. The minimum atomic E-state index is 0.730. The van der Waals surface area contributed by atoms with Crippen LogP contribution in [0.3, 0.4) is 0 Å². The fourth-order valence-corrected chi connectivity index (χ4v) is 3.80. The number of nitrogens with zero attached hydrogens (tertiary/aromatic N) is 4. The smallest absolute Gasteiger partial charge is 0.228 e. The monoisotopic (exact) mass is 407 g/mol. The first-order valence-corrected chi connectivity index (χ1v) is 10.4. The summed E-state index contributed by atoms with van der Waals surface area (Å²) in [6.45, 7) is 5.06. The van der Waals surface area contributed by atoms with Crippen LogP contribution in [0.15, 0.2) is 48.5 Å². The molecule has 0 unspecified atom stereocenters. The highest BCUT2D eigenvalue weighted by atomic mass is 16.5. The van der Waals surface area contributed by atoms with Crippen LogP contribution in [0.4, 0.5) is 17.5 Å². The summed E-state index contributed by atoms with van der Waals surface area (Å²) in [6, 6.07) is 16.3. The van der Waals surface area contributed by atoms with Gasteiger partial charge in [0, 0.05) is 51.8 Å². The van der Waals surface area contributed by atoms with E-state index in [9.17, 15) is 0 Å². The van der Waals surface area contributed by atoms with Crippen LogP contribution in [-0.2, 0) is 4.74 Å². The molecule has 0 spiro atoms. The summed E-state index contributed by atoms with van der Waals surface area (Å²) in [5.41, 5.74) is 2.10. The number of methoxy groups -OCH3 is 2. The zero-order valence-corrected chi connectivity index (χ0v) is 17.7. The molecule has 1 aromatic heterocycles. The van der Waals surface area contributed by atoms with Gasteiger partial charge >= 0.3 is 0 Å². The van der Waals surface area contributed by atoms with E-state index in [1.807, 2.05) is 30.3 Å². The number of nitrogens with one attached hydrogen (secondary N) is 1. The minimum absolute atomic E-state index is 0.730. The van der Waals surface area contributed by atoms with E-state index in [1.54, 1.807) is 14.2 Å². The number of hydrogen-bond donors (Lipinski definition) is 1. The average molecular weight is 408 g/mol. The van der Waals surface area contributed by atoms with Gasteiger partial charge in [0.2, 0.25) is 5.95 Å². The highest BCUT2D eigenvalue weighted by Gasteiger charge is 2.22. The summed E-state index contributed by atoms with van der Waals surface area (Å²) in [5, 5.41) is 4.51. The van der Waals surface area contributed by atoms with Gasteiger partial charge in [-0.15, -0.1) is 0 Å². The van der Waals surface area contributed by atoms with Gasteiger partial charge in [0.15, 0.2) is 0 Å². The molecule has 1 aliphatic heterocycles. The lowest BCUT2D eigenvalue weighted by molar-refractivity contribution is 0.198. The number of hydrogen-bond acceptors (Lipinski definition) is 7. The minimum Gasteiger partial charge on any atom is -0.495 e. The Morgan fingerprint density at radius 1 is 0.900 bits per heavy atom. The number of para-hydroxylation sites is 3. The summed E-state index contributed by atoms with van der Waals surface area (Å²) in [5.74, 6) is 2.58. The Hall–Kier alpha value is -3.06. The third kappa shape index (κ3) is 4.41. The number of fused-ring (bicyclic) bond motifs is 1. The average Bonchev–Trinajstić information content (AvgIpc) is 2.81. The van der Waals surface area contributed by atoms with Crippen LogP contribution in [0.1, 0.15) is 6.42 Å². The first kappa shape index (κ1) is 20.2. The van der Waals surface area contributed by atoms with Crippen molar-refractivity contribution in [1.82, 2.24) is 9.97 Å². The van der Waals surface area contributed by atoms with Crippen LogP contribution in [0.25, 0.3) is 10.9 Å². The lowest BCUT2D eigenvalue weighted by Gasteiger charge is -2.36. The molecule has 3 aromatic rings. The Labute approximate surface area is 177 Å². The number of ether oxygens (including phenoxy) is 2. The number of aromatic nitrogens is 2. The molecule has 0 amide bonds.